The first kappa shape index (κ1) is 7.61. The van der Waals surface area contributed by atoms with Crippen LogP contribution in [0.15, 0.2) is 17.3 Å². The quantitative estimate of drug-likeness (QED) is 0.620. The molecule has 0 unspecified atom stereocenters. The van der Waals surface area contributed by atoms with Gasteiger partial charge < -0.3 is 4.57 Å². The van der Waals surface area contributed by atoms with E-state index in [9.17, 15) is 0 Å². The summed E-state index contributed by atoms with van der Waals surface area (Å²) in [6.45, 7) is 0. The highest BCUT2D eigenvalue weighted by Gasteiger charge is 2.05. The number of hydrogen-bond donors (Lipinski definition) is 0. The fourth-order valence-corrected chi connectivity index (χ4v) is 1.68. The van der Waals surface area contributed by atoms with Crippen molar-refractivity contribution in [3.8, 4) is 0 Å². The van der Waals surface area contributed by atoms with Crippen molar-refractivity contribution in [2.75, 3.05) is 6.26 Å². The van der Waals surface area contributed by atoms with Crippen LogP contribution >= 0.6 is 11.8 Å². The van der Waals surface area contributed by atoms with Crippen LogP contribution in [-0.4, -0.2) is 20.8 Å². The van der Waals surface area contributed by atoms with Gasteiger partial charge in [-0.15, -0.1) is 0 Å². The van der Waals surface area contributed by atoms with E-state index in [-0.39, 0.29) is 0 Å². The van der Waals surface area contributed by atoms with E-state index in [1.54, 1.807) is 17.8 Å². The molecule has 0 aliphatic carbocycles. The molecule has 61 valence electrons. The Morgan fingerprint density at radius 3 is 3.08 bits per heavy atom. The second kappa shape index (κ2) is 2.79. The van der Waals surface area contributed by atoms with Crippen molar-refractivity contribution >= 4 is 22.9 Å². The second-order valence-electron chi connectivity index (χ2n) is 2.44. The second-order valence-corrected chi connectivity index (χ2v) is 3.21. The Bertz CT molecular complexity index is 408. The van der Waals surface area contributed by atoms with Crippen molar-refractivity contribution in [2.45, 2.75) is 5.16 Å². The van der Waals surface area contributed by atoms with Gasteiger partial charge >= 0.3 is 0 Å². The van der Waals surface area contributed by atoms with E-state index in [0.717, 1.165) is 16.3 Å². The van der Waals surface area contributed by atoms with Gasteiger partial charge in [-0.3, -0.25) is 0 Å². The number of aromatic nitrogens is 3. The van der Waals surface area contributed by atoms with Gasteiger partial charge in [-0.25, -0.2) is 9.97 Å². The first-order valence-corrected chi connectivity index (χ1v) is 4.79. The first-order valence-electron chi connectivity index (χ1n) is 3.56. The molecule has 0 bridgehead atoms. The summed E-state index contributed by atoms with van der Waals surface area (Å²) < 4.78 is 1.97. The van der Waals surface area contributed by atoms with E-state index >= 15 is 0 Å². The molecule has 0 saturated carbocycles. The standard InChI is InChI=1S/C8H8N3S/c1-11-7-6(4-3-5-9-7)10-8(11)12-2/h3-4H,1-2H3. The summed E-state index contributed by atoms with van der Waals surface area (Å²) in [6.07, 6.45) is 4.80. The molecule has 4 heteroatoms. The predicted molar refractivity (Wildman–Crippen MR) is 49.1 cm³/mol. The van der Waals surface area contributed by atoms with Crippen molar-refractivity contribution in [1.29, 1.82) is 0 Å². The predicted octanol–water partition coefficient (Wildman–Crippen LogP) is 1.49. The minimum atomic E-state index is 0.891. The molecule has 2 aromatic rings. The third-order valence-corrected chi connectivity index (χ3v) is 2.45. The lowest BCUT2D eigenvalue weighted by Crippen LogP contribution is -1.90. The molecule has 0 atom stereocenters. The topological polar surface area (TPSA) is 30.7 Å². The lowest BCUT2D eigenvalue weighted by Gasteiger charge is -1.94. The number of imidazole rings is 1. The summed E-state index contributed by atoms with van der Waals surface area (Å²) in [4.78, 5) is 8.49. The van der Waals surface area contributed by atoms with Crippen LogP contribution < -0.4 is 0 Å². The molecule has 2 aromatic heterocycles. The van der Waals surface area contributed by atoms with Crippen LogP contribution in [0, 0.1) is 6.20 Å². The zero-order valence-electron chi connectivity index (χ0n) is 6.90. The van der Waals surface area contributed by atoms with E-state index in [0.29, 0.717) is 0 Å². The van der Waals surface area contributed by atoms with E-state index < -0.39 is 0 Å². The van der Waals surface area contributed by atoms with Gasteiger partial charge in [0.25, 0.3) is 0 Å². The zero-order valence-corrected chi connectivity index (χ0v) is 7.72. The molecule has 1 radical (unpaired) electrons. The van der Waals surface area contributed by atoms with Gasteiger partial charge in [-0.1, -0.05) is 11.8 Å². The van der Waals surface area contributed by atoms with Crippen molar-refractivity contribution < 1.29 is 0 Å². The molecule has 0 spiro atoms. The van der Waals surface area contributed by atoms with E-state index in [1.165, 1.54) is 0 Å². The zero-order chi connectivity index (χ0) is 8.55. The van der Waals surface area contributed by atoms with Crippen LogP contribution in [0.25, 0.3) is 11.2 Å². The van der Waals surface area contributed by atoms with Gasteiger partial charge in [0.1, 0.15) is 5.52 Å². The Hall–Kier alpha value is -1.03. The van der Waals surface area contributed by atoms with Gasteiger partial charge in [0.05, 0.1) is 6.20 Å². The fourth-order valence-electron chi connectivity index (χ4n) is 1.13. The van der Waals surface area contributed by atoms with Crippen LogP contribution in [0.1, 0.15) is 0 Å². The number of aryl methyl sites for hydroxylation is 1. The van der Waals surface area contributed by atoms with Crippen molar-refractivity contribution in [3.63, 3.8) is 0 Å². The number of pyridine rings is 1. The van der Waals surface area contributed by atoms with Crippen molar-refractivity contribution in [2.24, 2.45) is 7.05 Å². The minimum absolute atomic E-state index is 0.891. The Morgan fingerprint density at radius 2 is 2.42 bits per heavy atom. The van der Waals surface area contributed by atoms with Gasteiger partial charge in [-0.05, 0) is 18.4 Å². The van der Waals surface area contributed by atoms with Crippen LogP contribution in [0.4, 0.5) is 0 Å². The summed E-state index contributed by atoms with van der Waals surface area (Å²) >= 11 is 1.62. The maximum atomic E-state index is 4.37. The van der Waals surface area contributed by atoms with E-state index in [4.69, 9.17) is 0 Å². The third kappa shape index (κ3) is 0.992. The Kier molecular flexibility index (Phi) is 1.77. The van der Waals surface area contributed by atoms with Crippen molar-refractivity contribution in [1.82, 2.24) is 14.5 Å². The average Bonchev–Trinajstić information content (AvgIpc) is 2.44. The number of fused-ring (bicyclic) bond motifs is 1. The van der Waals surface area contributed by atoms with Gasteiger partial charge in [0.15, 0.2) is 10.8 Å². The largest absolute Gasteiger partial charge is 0.307 e. The molecule has 0 N–H and O–H groups in total. The summed E-state index contributed by atoms with van der Waals surface area (Å²) in [6, 6.07) is 3.70. The smallest absolute Gasteiger partial charge is 0.169 e. The molecule has 3 nitrogen and oxygen atoms in total. The number of hydrogen-bond acceptors (Lipinski definition) is 3. The number of rotatable bonds is 1. The molecule has 2 heterocycles. The minimum Gasteiger partial charge on any atom is -0.307 e. The monoisotopic (exact) mass is 178 g/mol. The maximum Gasteiger partial charge on any atom is 0.169 e. The van der Waals surface area contributed by atoms with Gasteiger partial charge in [-0.2, -0.15) is 0 Å². The molecule has 0 fully saturated rings. The lowest BCUT2D eigenvalue weighted by molar-refractivity contribution is 0.807. The average molecular weight is 178 g/mol. The number of nitrogens with zero attached hydrogens (tertiary/aromatic N) is 3. The Labute approximate surface area is 74.8 Å². The molecule has 0 aliphatic heterocycles. The van der Waals surface area contributed by atoms with Gasteiger partial charge in [0, 0.05) is 7.05 Å². The molecule has 0 amide bonds. The van der Waals surface area contributed by atoms with E-state index in [2.05, 4.69) is 16.2 Å². The number of thioether (sulfide) groups is 1. The molecule has 0 saturated heterocycles. The summed E-state index contributed by atoms with van der Waals surface area (Å²) in [5.74, 6) is 0. The highest BCUT2D eigenvalue weighted by molar-refractivity contribution is 7.98. The normalized spacial score (nSPS) is 10.8. The summed E-state index contributed by atoms with van der Waals surface area (Å²) in [5, 5.41) is 0.983. The molecular formula is C8H8N3S. The van der Waals surface area contributed by atoms with Crippen LogP contribution in [0.2, 0.25) is 0 Å². The molecule has 0 aromatic carbocycles. The Balaban J connectivity index is 2.78. The van der Waals surface area contributed by atoms with Gasteiger partial charge in [0.2, 0.25) is 0 Å². The third-order valence-electron chi connectivity index (χ3n) is 1.72. The summed E-state index contributed by atoms with van der Waals surface area (Å²) in [5.41, 5.74) is 1.82. The molecule has 12 heavy (non-hydrogen) atoms. The van der Waals surface area contributed by atoms with Crippen LogP contribution in [0.3, 0.4) is 0 Å². The first-order chi connectivity index (χ1) is 5.83. The molecule has 0 aliphatic rings. The highest BCUT2D eigenvalue weighted by atomic mass is 32.2. The lowest BCUT2D eigenvalue weighted by atomic mass is 10.4. The molecule has 2 rings (SSSR count). The highest BCUT2D eigenvalue weighted by Crippen LogP contribution is 2.18. The fraction of sp³-hybridized carbons (Fsp3) is 0.250. The molecular weight excluding hydrogens is 170 g/mol. The van der Waals surface area contributed by atoms with Crippen LogP contribution in [-0.2, 0) is 7.05 Å². The Morgan fingerprint density at radius 1 is 1.58 bits per heavy atom. The summed E-state index contributed by atoms with van der Waals surface area (Å²) in [7, 11) is 1.96. The maximum absolute atomic E-state index is 4.37. The SMILES string of the molecule is CSc1nc2cc[c]nc2n1C. The van der Waals surface area contributed by atoms with Crippen LogP contribution in [0.5, 0.6) is 0 Å². The van der Waals surface area contributed by atoms with E-state index in [1.807, 2.05) is 23.9 Å². The van der Waals surface area contributed by atoms with Crippen molar-refractivity contribution in [3.05, 3.63) is 18.3 Å².